The lowest BCUT2D eigenvalue weighted by atomic mass is 10.1. The summed E-state index contributed by atoms with van der Waals surface area (Å²) in [5.74, 6) is 0. The van der Waals surface area contributed by atoms with Crippen molar-refractivity contribution in [1.82, 2.24) is 4.90 Å². The molecule has 1 fully saturated rings. The summed E-state index contributed by atoms with van der Waals surface area (Å²) in [5.41, 5.74) is 1.37. The molecule has 1 aliphatic heterocycles. The van der Waals surface area contributed by atoms with Crippen LogP contribution in [0.2, 0.25) is 0 Å². The van der Waals surface area contributed by atoms with Crippen molar-refractivity contribution in [2.75, 3.05) is 26.2 Å². The fraction of sp³-hybridized carbons (Fsp3) is 0.571. The molecule has 1 aromatic rings. The highest BCUT2D eigenvalue weighted by molar-refractivity contribution is 5.14. The van der Waals surface area contributed by atoms with Crippen molar-refractivity contribution in [3.05, 3.63) is 35.9 Å². The molecule has 3 nitrogen and oxygen atoms in total. The number of morpholine rings is 1. The lowest BCUT2D eigenvalue weighted by molar-refractivity contribution is -0.0947. The van der Waals surface area contributed by atoms with E-state index in [2.05, 4.69) is 36.1 Å². The van der Waals surface area contributed by atoms with Crippen molar-refractivity contribution in [3.8, 4) is 0 Å². The number of aliphatic hydroxyl groups excluding tert-OH is 1. The fourth-order valence-corrected chi connectivity index (χ4v) is 2.36. The third-order valence-electron chi connectivity index (χ3n) is 3.17. The number of ether oxygens (including phenoxy) is 1. The second kappa shape index (κ2) is 6.15. The minimum absolute atomic E-state index is 0.0190. The Morgan fingerprint density at radius 3 is 2.76 bits per heavy atom. The minimum Gasteiger partial charge on any atom is -0.394 e. The Kier molecular flexibility index (Phi) is 4.54. The van der Waals surface area contributed by atoms with Crippen LogP contribution in [0.1, 0.15) is 12.5 Å². The summed E-state index contributed by atoms with van der Waals surface area (Å²) in [7, 11) is 0. The van der Waals surface area contributed by atoms with Gasteiger partial charge in [0.25, 0.3) is 0 Å². The van der Waals surface area contributed by atoms with Gasteiger partial charge in [-0.25, -0.2) is 0 Å². The zero-order chi connectivity index (χ0) is 12.1. The van der Waals surface area contributed by atoms with Crippen molar-refractivity contribution < 1.29 is 9.84 Å². The summed E-state index contributed by atoms with van der Waals surface area (Å²) in [6.45, 7) is 5.02. The zero-order valence-electron chi connectivity index (χ0n) is 10.4. The van der Waals surface area contributed by atoms with E-state index in [0.29, 0.717) is 0 Å². The van der Waals surface area contributed by atoms with Crippen LogP contribution in [0.5, 0.6) is 0 Å². The van der Waals surface area contributed by atoms with Gasteiger partial charge in [0.1, 0.15) is 0 Å². The standard InChI is InChI=1S/C14H21NO2/c1-12-9-15(10-14(11-16)17-12)8-7-13-5-3-2-4-6-13/h2-6,12,14,16H,7-11H2,1H3. The molecular formula is C14H21NO2. The molecule has 0 spiro atoms. The second-order valence-corrected chi connectivity index (χ2v) is 4.75. The predicted molar refractivity (Wildman–Crippen MR) is 68.0 cm³/mol. The van der Waals surface area contributed by atoms with E-state index in [9.17, 15) is 0 Å². The summed E-state index contributed by atoms with van der Waals surface area (Å²) in [4.78, 5) is 2.38. The fourth-order valence-electron chi connectivity index (χ4n) is 2.36. The van der Waals surface area contributed by atoms with Gasteiger partial charge in [0.05, 0.1) is 18.8 Å². The molecule has 3 heteroatoms. The van der Waals surface area contributed by atoms with E-state index in [0.717, 1.165) is 26.1 Å². The molecule has 1 N–H and O–H groups in total. The minimum atomic E-state index is -0.0190. The van der Waals surface area contributed by atoms with E-state index in [1.54, 1.807) is 0 Å². The van der Waals surface area contributed by atoms with E-state index in [-0.39, 0.29) is 18.8 Å². The highest BCUT2D eigenvalue weighted by Gasteiger charge is 2.24. The molecule has 2 atom stereocenters. The molecule has 2 unspecified atom stereocenters. The van der Waals surface area contributed by atoms with Gasteiger partial charge in [-0.3, -0.25) is 4.90 Å². The summed E-state index contributed by atoms with van der Waals surface area (Å²) in [6, 6.07) is 10.5. The number of nitrogens with zero attached hydrogens (tertiary/aromatic N) is 1. The number of aliphatic hydroxyl groups is 1. The Balaban J connectivity index is 1.82. The molecule has 1 saturated heterocycles. The first kappa shape index (κ1) is 12.6. The van der Waals surface area contributed by atoms with Gasteiger partial charge in [-0.1, -0.05) is 30.3 Å². The highest BCUT2D eigenvalue weighted by atomic mass is 16.5. The number of hydrogen-bond acceptors (Lipinski definition) is 3. The Labute approximate surface area is 103 Å². The van der Waals surface area contributed by atoms with Gasteiger partial charge in [-0.05, 0) is 18.9 Å². The second-order valence-electron chi connectivity index (χ2n) is 4.75. The molecule has 0 aliphatic carbocycles. The molecule has 1 aromatic carbocycles. The third kappa shape index (κ3) is 3.80. The maximum Gasteiger partial charge on any atom is 0.0936 e. The summed E-state index contributed by atoms with van der Waals surface area (Å²) < 4.78 is 5.63. The van der Waals surface area contributed by atoms with Crippen LogP contribution in [0, 0.1) is 0 Å². The number of benzene rings is 1. The number of hydrogen-bond donors (Lipinski definition) is 1. The van der Waals surface area contributed by atoms with Crippen LogP contribution in [-0.2, 0) is 11.2 Å². The van der Waals surface area contributed by atoms with Crippen LogP contribution in [0.15, 0.2) is 30.3 Å². The van der Waals surface area contributed by atoms with Gasteiger partial charge in [-0.2, -0.15) is 0 Å². The Morgan fingerprint density at radius 2 is 2.06 bits per heavy atom. The van der Waals surface area contributed by atoms with E-state index < -0.39 is 0 Å². The Morgan fingerprint density at radius 1 is 1.29 bits per heavy atom. The monoisotopic (exact) mass is 235 g/mol. The van der Waals surface area contributed by atoms with Crippen LogP contribution in [0.3, 0.4) is 0 Å². The van der Waals surface area contributed by atoms with Crippen molar-refractivity contribution in [3.63, 3.8) is 0 Å². The molecule has 0 aromatic heterocycles. The van der Waals surface area contributed by atoms with Gasteiger partial charge in [0, 0.05) is 19.6 Å². The first-order valence-corrected chi connectivity index (χ1v) is 6.30. The summed E-state index contributed by atoms with van der Waals surface area (Å²) in [5, 5.41) is 9.16. The smallest absolute Gasteiger partial charge is 0.0936 e. The quantitative estimate of drug-likeness (QED) is 0.854. The molecule has 0 radical (unpaired) electrons. The first-order valence-electron chi connectivity index (χ1n) is 6.30. The van der Waals surface area contributed by atoms with Gasteiger partial charge in [-0.15, -0.1) is 0 Å². The normalized spacial score (nSPS) is 26.0. The topological polar surface area (TPSA) is 32.7 Å². The van der Waals surface area contributed by atoms with Crippen LogP contribution in [0.4, 0.5) is 0 Å². The number of rotatable bonds is 4. The third-order valence-corrected chi connectivity index (χ3v) is 3.17. The largest absolute Gasteiger partial charge is 0.394 e. The van der Waals surface area contributed by atoms with E-state index in [1.807, 2.05) is 6.07 Å². The molecule has 1 aliphatic rings. The average Bonchev–Trinajstić information content (AvgIpc) is 2.37. The molecular weight excluding hydrogens is 214 g/mol. The van der Waals surface area contributed by atoms with E-state index in [4.69, 9.17) is 9.84 Å². The van der Waals surface area contributed by atoms with Gasteiger partial charge >= 0.3 is 0 Å². The SMILES string of the molecule is CC1CN(CCc2ccccc2)CC(CO)O1. The molecule has 0 amide bonds. The zero-order valence-corrected chi connectivity index (χ0v) is 10.4. The lowest BCUT2D eigenvalue weighted by Crippen LogP contribution is -2.48. The van der Waals surface area contributed by atoms with E-state index >= 15 is 0 Å². The Bertz CT molecular complexity index is 328. The molecule has 17 heavy (non-hydrogen) atoms. The highest BCUT2D eigenvalue weighted by Crippen LogP contribution is 2.11. The van der Waals surface area contributed by atoms with Crippen LogP contribution in [-0.4, -0.2) is 48.5 Å². The van der Waals surface area contributed by atoms with Crippen molar-refractivity contribution >= 4 is 0 Å². The van der Waals surface area contributed by atoms with Crippen molar-refractivity contribution in [2.24, 2.45) is 0 Å². The summed E-state index contributed by atoms with van der Waals surface area (Å²) in [6.07, 6.45) is 1.26. The lowest BCUT2D eigenvalue weighted by Gasteiger charge is -2.36. The molecule has 0 bridgehead atoms. The maximum atomic E-state index is 9.16. The average molecular weight is 235 g/mol. The van der Waals surface area contributed by atoms with Crippen LogP contribution >= 0.6 is 0 Å². The molecule has 0 saturated carbocycles. The van der Waals surface area contributed by atoms with Crippen LogP contribution in [0.25, 0.3) is 0 Å². The Hall–Kier alpha value is -0.900. The molecule has 94 valence electrons. The summed E-state index contributed by atoms with van der Waals surface area (Å²) >= 11 is 0. The van der Waals surface area contributed by atoms with Gasteiger partial charge in [0.15, 0.2) is 0 Å². The molecule has 2 rings (SSSR count). The van der Waals surface area contributed by atoms with Crippen molar-refractivity contribution in [2.45, 2.75) is 25.6 Å². The van der Waals surface area contributed by atoms with Gasteiger partial charge < -0.3 is 9.84 Å². The van der Waals surface area contributed by atoms with Crippen LogP contribution < -0.4 is 0 Å². The first-order chi connectivity index (χ1) is 8.28. The predicted octanol–water partition coefficient (Wildman–Crippen LogP) is 1.31. The molecule has 1 heterocycles. The maximum absolute atomic E-state index is 9.16. The van der Waals surface area contributed by atoms with Crippen molar-refractivity contribution in [1.29, 1.82) is 0 Å². The van der Waals surface area contributed by atoms with E-state index in [1.165, 1.54) is 5.56 Å². The van der Waals surface area contributed by atoms with Gasteiger partial charge in [0.2, 0.25) is 0 Å².